The van der Waals surface area contributed by atoms with Gasteiger partial charge in [-0.15, -0.1) is 0 Å². The Kier molecular flexibility index (Phi) is 7.64. The highest BCUT2D eigenvalue weighted by Gasteiger charge is 2.21. The number of hydrogen-bond donors (Lipinski definition) is 3. The first-order chi connectivity index (χ1) is 16.2. The third-order valence-corrected chi connectivity index (χ3v) is 5.48. The number of carbonyl (C=O) groups is 1. The van der Waals surface area contributed by atoms with Gasteiger partial charge in [-0.1, -0.05) is 36.8 Å². The molecule has 1 aliphatic carbocycles. The number of carbonyl (C=O) groups excluding carboxylic acids is 1. The number of nitrogens with zero attached hydrogens (tertiary/aromatic N) is 3. The average molecular weight is 443 g/mol. The molecule has 0 aliphatic heterocycles. The third-order valence-electron chi connectivity index (χ3n) is 5.48. The van der Waals surface area contributed by atoms with E-state index in [4.69, 9.17) is 5.73 Å². The van der Waals surface area contributed by atoms with Gasteiger partial charge in [0.05, 0.1) is 5.69 Å². The van der Waals surface area contributed by atoms with E-state index < -0.39 is 0 Å². The number of aromatic nitrogens is 3. The summed E-state index contributed by atoms with van der Waals surface area (Å²) >= 11 is 0. The van der Waals surface area contributed by atoms with Gasteiger partial charge in [0.2, 0.25) is 11.9 Å². The Morgan fingerprint density at radius 2 is 1.94 bits per heavy atom. The van der Waals surface area contributed by atoms with E-state index in [2.05, 4.69) is 49.9 Å². The molecule has 4 N–H and O–H groups in total. The van der Waals surface area contributed by atoms with Crippen molar-refractivity contribution in [2.24, 2.45) is 0 Å². The number of unbranched alkanes of at least 4 members (excludes halogenated alkanes) is 2. The van der Waals surface area contributed by atoms with Gasteiger partial charge in [-0.25, -0.2) is 4.98 Å². The summed E-state index contributed by atoms with van der Waals surface area (Å²) in [7, 11) is 0. The van der Waals surface area contributed by atoms with Gasteiger partial charge in [-0.3, -0.25) is 9.78 Å². The molecule has 0 atom stereocenters. The molecule has 33 heavy (non-hydrogen) atoms. The van der Waals surface area contributed by atoms with Crippen molar-refractivity contribution in [3.63, 3.8) is 0 Å². The summed E-state index contributed by atoms with van der Waals surface area (Å²) in [5, 5.41) is 6.31. The molecule has 7 nitrogen and oxygen atoms in total. The minimum absolute atomic E-state index is 0.0738. The molecule has 7 heteroatoms. The lowest BCUT2D eigenvalue weighted by atomic mass is 10.0. The Balaban J connectivity index is 1.16. The molecule has 0 bridgehead atoms. The number of nitrogen functional groups attached to an aromatic ring is 1. The van der Waals surface area contributed by atoms with Crippen LogP contribution in [0.4, 0.5) is 11.8 Å². The van der Waals surface area contributed by atoms with Crippen molar-refractivity contribution >= 4 is 23.7 Å². The SMILES string of the molecule is Nc1nc(NC2CC2)cc(-c2ccc(CCCCCNC(=O)/C=C/c3cccnc3)cc2)n1. The second-order valence-electron chi connectivity index (χ2n) is 8.33. The number of amides is 1. The van der Waals surface area contributed by atoms with Crippen molar-refractivity contribution in [1.82, 2.24) is 20.3 Å². The van der Waals surface area contributed by atoms with E-state index in [1.807, 2.05) is 18.2 Å². The Bertz CT molecular complexity index is 1080. The summed E-state index contributed by atoms with van der Waals surface area (Å²) in [5.74, 6) is 1.01. The molecule has 2 aromatic heterocycles. The quantitative estimate of drug-likeness (QED) is 0.303. The van der Waals surface area contributed by atoms with Crippen LogP contribution in [0, 0.1) is 0 Å². The molecule has 0 spiro atoms. The number of nitrogens with two attached hydrogens (primary N) is 1. The smallest absolute Gasteiger partial charge is 0.243 e. The fourth-order valence-corrected chi connectivity index (χ4v) is 3.51. The van der Waals surface area contributed by atoms with E-state index in [-0.39, 0.29) is 5.91 Å². The summed E-state index contributed by atoms with van der Waals surface area (Å²) in [6, 6.07) is 14.7. The lowest BCUT2D eigenvalue weighted by Gasteiger charge is -2.08. The molecule has 1 aromatic carbocycles. The molecule has 170 valence electrons. The van der Waals surface area contributed by atoms with Gasteiger partial charge in [0.1, 0.15) is 5.82 Å². The molecule has 0 radical (unpaired) electrons. The number of anilines is 2. The largest absolute Gasteiger partial charge is 0.368 e. The second-order valence-corrected chi connectivity index (χ2v) is 8.33. The van der Waals surface area contributed by atoms with E-state index in [0.717, 1.165) is 48.3 Å². The third kappa shape index (κ3) is 7.42. The fraction of sp³-hybridized carbons (Fsp3) is 0.308. The normalized spacial score (nSPS) is 13.2. The lowest BCUT2D eigenvalue weighted by Crippen LogP contribution is -2.21. The van der Waals surface area contributed by atoms with Crippen molar-refractivity contribution in [2.45, 2.75) is 44.6 Å². The van der Waals surface area contributed by atoms with Crippen LogP contribution in [0.15, 0.2) is 60.9 Å². The Labute approximate surface area is 194 Å². The number of aryl methyl sites for hydroxylation is 1. The molecule has 1 fully saturated rings. The lowest BCUT2D eigenvalue weighted by molar-refractivity contribution is -0.116. The Hall–Kier alpha value is -3.74. The van der Waals surface area contributed by atoms with Gasteiger partial charge < -0.3 is 16.4 Å². The number of rotatable bonds is 11. The molecule has 2 heterocycles. The van der Waals surface area contributed by atoms with Gasteiger partial charge >= 0.3 is 0 Å². The van der Waals surface area contributed by atoms with Crippen LogP contribution in [0.25, 0.3) is 17.3 Å². The second kappa shape index (κ2) is 11.2. The van der Waals surface area contributed by atoms with Crippen LogP contribution in [0.5, 0.6) is 0 Å². The van der Waals surface area contributed by atoms with Gasteiger partial charge in [0, 0.05) is 42.7 Å². The average Bonchev–Trinajstić information content (AvgIpc) is 3.64. The molecule has 1 amide bonds. The number of benzene rings is 1. The molecule has 1 aliphatic rings. The van der Waals surface area contributed by atoms with Gasteiger partial charge in [-0.05, 0) is 55.4 Å². The maximum Gasteiger partial charge on any atom is 0.243 e. The van der Waals surface area contributed by atoms with Crippen molar-refractivity contribution in [2.75, 3.05) is 17.6 Å². The van der Waals surface area contributed by atoms with Crippen molar-refractivity contribution in [3.05, 3.63) is 72.1 Å². The number of pyridine rings is 1. The topological polar surface area (TPSA) is 106 Å². The van der Waals surface area contributed by atoms with Crippen molar-refractivity contribution in [3.8, 4) is 11.3 Å². The van der Waals surface area contributed by atoms with Crippen LogP contribution in [-0.4, -0.2) is 33.4 Å². The zero-order valence-electron chi connectivity index (χ0n) is 18.7. The minimum Gasteiger partial charge on any atom is -0.368 e. The monoisotopic (exact) mass is 442 g/mol. The summed E-state index contributed by atoms with van der Waals surface area (Å²) in [4.78, 5) is 24.6. The first kappa shape index (κ1) is 22.5. The summed E-state index contributed by atoms with van der Waals surface area (Å²) in [6.07, 6.45) is 13.2. The van der Waals surface area contributed by atoms with Gasteiger partial charge in [-0.2, -0.15) is 4.98 Å². The van der Waals surface area contributed by atoms with Crippen LogP contribution < -0.4 is 16.4 Å². The molecule has 3 aromatic rings. The molecular weight excluding hydrogens is 412 g/mol. The fourth-order valence-electron chi connectivity index (χ4n) is 3.51. The van der Waals surface area contributed by atoms with Crippen molar-refractivity contribution in [1.29, 1.82) is 0 Å². The van der Waals surface area contributed by atoms with Crippen LogP contribution >= 0.6 is 0 Å². The maximum absolute atomic E-state index is 11.9. The highest BCUT2D eigenvalue weighted by Crippen LogP contribution is 2.27. The Morgan fingerprint density at radius 1 is 1.09 bits per heavy atom. The molecule has 1 saturated carbocycles. The standard InChI is InChI=1S/C26H30N6O/c27-26-31-23(17-24(32-26)30-22-12-13-22)21-10-7-19(8-11-21)5-2-1-3-16-29-25(33)14-9-20-6-4-15-28-18-20/h4,6-11,14-15,17-18,22H,1-3,5,12-13,16H2,(H,29,33)(H3,27,30,31,32)/b14-9+. The molecule has 0 saturated heterocycles. The highest BCUT2D eigenvalue weighted by atomic mass is 16.1. The van der Waals surface area contributed by atoms with Crippen molar-refractivity contribution < 1.29 is 4.79 Å². The van der Waals surface area contributed by atoms with Gasteiger partial charge in [0.15, 0.2) is 0 Å². The van der Waals surface area contributed by atoms with Crippen LogP contribution in [0.2, 0.25) is 0 Å². The zero-order valence-corrected chi connectivity index (χ0v) is 18.7. The molecule has 4 rings (SSSR count). The number of hydrogen-bond acceptors (Lipinski definition) is 6. The van der Waals surface area contributed by atoms with Crippen LogP contribution in [0.1, 0.15) is 43.2 Å². The van der Waals surface area contributed by atoms with E-state index >= 15 is 0 Å². The van der Waals surface area contributed by atoms with E-state index in [0.29, 0.717) is 18.5 Å². The predicted molar refractivity (Wildman–Crippen MR) is 132 cm³/mol. The summed E-state index contributed by atoms with van der Waals surface area (Å²) in [5.41, 5.74) is 9.98. The Morgan fingerprint density at radius 3 is 2.70 bits per heavy atom. The number of nitrogens with one attached hydrogen (secondary N) is 2. The zero-order chi connectivity index (χ0) is 22.9. The van der Waals surface area contributed by atoms with Gasteiger partial charge in [0.25, 0.3) is 0 Å². The van der Waals surface area contributed by atoms with Crippen LogP contribution in [-0.2, 0) is 11.2 Å². The minimum atomic E-state index is -0.0738. The summed E-state index contributed by atoms with van der Waals surface area (Å²) in [6.45, 7) is 0.682. The molecule has 0 unspecified atom stereocenters. The first-order valence-electron chi connectivity index (χ1n) is 11.5. The van der Waals surface area contributed by atoms with E-state index in [9.17, 15) is 4.79 Å². The highest BCUT2D eigenvalue weighted by molar-refractivity contribution is 5.91. The van der Waals surface area contributed by atoms with Crippen LogP contribution in [0.3, 0.4) is 0 Å². The first-order valence-corrected chi connectivity index (χ1v) is 11.5. The summed E-state index contributed by atoms with van der Waals surface area (Å²) < 4.78 is 0. The van der Waals surface area contributed by atoms with E-state index in [1.165, 1.54) is 18.4 Å². The van der Waals surface area contributed by atoms with E-state index in [1.54, 1.807) is 24.5 Å². The molecular formula is C26H30N6O. The maximum atomic E-state index is 11.9. The predicted octanol–water partition coefficient (Wildman–Crippen LogP) is 4.24.